The number of hydrogen-bond acceptors (Lipinski definition) is 3. The van der Waals surface area contributed by atoms with E-state index in [-0.39, 0.29) is 12.5 Å². The molecule has 0 atom stereocenters. The standard InChI is InChI=1S/C8H8Cl2N2O.C4H10N2O/c9-6-2-1-5(3-7(6)10)12-8(13)4-11;1-2-3-6-4(5)7/h1-3H,4,11H2,(H,12,13);2-3H2,1H3,(H3,5,6,7). The summed E-state index contributed by atoms with van der Waals surface area (Å²) in [4.78, 5) is 20.7. The topological polar surface area (TPSA) is 110 Å². The van der Waals surface area contributed by atoms with E-state index in [0.717, 1.165) is 6.42 Å². The SMILES string of the molecule is CCCNC(N)=O.NCC(=O)Nc1ccc(Cl)c(Cl)c1. The van der Waals surface area contributed by atoms with Gasteiger partial charge < -0.3 is 22.1 Å². The van der Waals surface area contributed by atoms with E-state index in [9.17, 15) is 9.59 Å². The minimum Gasteiger partial charge on any atom is -0.352 e. The van der Waals surface area contributed by atoms with Crippen molar-refractivity contribution in [3.8, 4) is 0 Å². The molecule has 0 saturated heterocycles. The van der Waals surface area contributed by atoms with Gasteiger partial charge in [-0.1, -0.05) is 30.1 Å². The van der Waals surface area contributed by atoms with Crippen molar-refractivity contribution in [1.82, 2.24) is 5.32 Å². The van der Waals surface area contributed by atoms with Crippen LogP contribution in [0.2, 0.25) is 10.0 Å². The molecule has 0 saturated carbocycles. The molecule has 0 unspecified atom stereocenters. The smallest absolute Gasteiger partial charge is 0.312 e. The minimum absolute atomic E-state index is 0.0553. The van der Waals surface area contributed by atoms with Gasteiger partial charge in [-0.25, -0.2) is 4.79 Å². The predicted octanol–water partition coefficient (Wildman–Crippen LogP) is 1.96. The number of nitrogens with one attached hydrogen (secondary N) is 2. The van der Waals surface area contributed by atoms with E-state index in [1.54, 1.807) is 18.2 Å². The van der Waals surface area contributed by atoms with Gasteiger partial charge in [0.15, 0.2) is 0 Å². The Morgan fingerprint density at radius 3 is 2.30 bits per heavy atom. The summed E-state index contributed by atoms with van der Waals surface area (Å²) >= 11 is 11.4. The van der Waals surface area contributed by atoms with Crippen molar-refractivity contribution in [3.63, 3.8) is 0 Å². The van der Waals surface area contributed by atoms with Crippen molar-refractivity contribution in [2.45, 2.75) is 13.3 Å². The van der Waals surface area contributed by atoms with Gasteiger partial charge in [-0.2, -0.15) is 0 Å². The predicted molar refractivity (Wildman–Crippen MR) is 82.0 cm³/mol. The van der Waals surface area contributed by atoms with Gasteiger partial charge in [0.1, 0.15) is 0 Å². The third kappa shape index (κ3) is 8.58. The van der Waals surface area contributed by atoms with E-state index < -0.39 is 6.03 Å². The molecule has 6 nitrogen and oxygen atoms in total. The molecule has 0 aliphatic carbocycles. The van der Waals surface area contributed by atoms with Crippen LogP contribution in [0.25, 0.3) is 0 Å². The Kier molecular flexibility index (Phi) is 9.53. The second-order valence-corrected chi connectivity index (χ2v) is 4.49. The van der Waals surface area contributed by atoms with Crippen LogP contribution >= 0.6 is 23.2 Å². The van der Waals surface area contributed by atoms with Crippen LogP contribution in [-0.4, -0.2) is 25.0 Å². The van der Waals surface area contributed by atoms with Crippen molar-refractivity contribution in [2.24, 2.45) is 11.5 Å². The number of anilines is 1. The fraction of sp³-hybridized carbons (Fsp3) is 0.333. The summed E-state index contributed by atoms with van der Waals surface area (Å²) in [5.74, 6) is -0.265. The maximum absolute atomic E-state index is 10.9. The molecule has 0 aromatic heterocycles. The van der Waals surface area contributed by atoms with E-state index in [1.165, 1.54) is 0 Å². The van der Waals surface area contributed by atoms with Gasteiger partial charge in [-0.3, -0.25) is 4.79 Å². The molecule has 20 heavy (non-hydrogen) atoms. The Balaban J connectivity index is 0.000000441. The number of amides is 3. The fourth-order valence-electron chi connectivity index (χ4n) is 1.03. The lowest BCUT2D eigenvalue weighted by molar-refractivity contribution is -0.114. The summed E-state index contributed by atoms with van der Waals surface area (Å²) in [7, 11) is 0. The molecule has 1 aromatic carbocycles. The van der Waals surface area contributed by atoms with E-state index in [1.807, 2.05) is 6.92 Å². The average Bonchev–Trinajstić information content (AvgIpc) is 2.41. The lowest BCUT2D eigenvalue weighted by Crippen LogP contribution is -2.29. The highest BCUT2D eigenvalue weighted by molar-refractivity contribution is 6.42. The molecule has 0 aliphatic heterocycles. The average molecular weight is 321 g/mol. The summed E-state index contributed by atoms with van der Waals surface area (Å²) in [5.41, 5.74) is 10.4. The highest BCUT2D eigenvalue weighted by Crippen LogP contribution is 2.24. The largest absolute Gasteiger partial charge is 0.352 e. The fourth-order valence-corrected chi connectivity index (χ4v) is 1.33. The molecule has 0 spiro atoms. The van der Waals surface area contributed by atoms with Crippen LogP contribution in [0.5, 0.6) is 0 Å². The summed E-state index contributed by atoms with van der Waals surface area (Å²) in [6, 6.07) is 4.39. The van der Waals surface area contributed by atoms with Gasteiger partial charge in [0.05, 0.1) is 16.6 Å². The van der Waals surface area contributed by atoms with Gasteiger partial charge in [-0.15, -0.1) is 0 Å². The van der Waals surface area contributed by atoms with Crippen LogP contribution < -0.4 is 22.1 Å². The number of urea groups is 1. The first-order valence-corrected chi connectivity index (χ1v) is 6.64. The molecule has 0 fully saturated rings. The third-order valence-electron chi connectivity index (χ3n) is 1.94. The monoisotopic (exact) mass is 320 g/mol. The van der Waals surface area contributed by atoms with Crippen LogP contribution in [0.4, 0.5) is 10.5 Å². The number of carbonyl (C=O) groups excluding carboxylic acids is 2. The number of nitrogens with two attached hydrogens (primary N) is 2. The van der Waals surface area contributed by atoms with Gasteiger partial charge in [0, 0.05) is 12.2 Å². The van der Waals surface area contributed by atoms with Crippen molar-refractivity contribution < 1.29 is 9.59 Å². The number of halogens is 2. The van der Waals surface area contributed by atoms with Crippen molar-refractivity contribution in [2.75, 3.05) is 18.4 Å². The van der Waals surface area contributed by atoms with Crippen LogP contribution in [0.3, 0.4) is 0 Å². The summed E-state index contributed by atoms with van der Waals surface area (Å²) in [6.45, 7) is 2.59. The number of hydrogen-bond donors (Lipinski definition) is 4. The van der Waals surface area contributed by atoms with Gasteiger partial charge in [0.2, 0.25) is 5.91 Å². The molecule has 1 rings (SSSR count). The highest BCUT2D eigenvalue weighted by atomic mass is 35.5. The second-order valence-electron chi connectivity index (χ2n) is 3.67. The quantitative estimate of drug-likeness (QED) is 0.680. The summed E-state index contributed by atoms with van der Waals surface area (Å²) in [5, 5.41) is 5.84. The molecule has 0 aliphatic rings. The summed E-state index contributed by atoms with van der Waals surface area (Å²) in [6.07, 6.45) is 0.933. The lowest BCUT2D eigenvalue weighted by Gasteiger charge is -2.03. The Hall–Kier alpha value is -1.50. The Labute approximate surface area is 127 Å². The third-order valence-corrected chi connectivity index (χ3v) is 2.68. The molecule has 0 radical (unpaired) electrons. The molecule has 3 amide bonds. The molecular weight excluding hydrogens is 303 g/mol. The molecule has 112 valence electrons. The number of primary amides is 1. The maximum atomic E-state index is 10.9. The van der Waals surface area contributed by atoms with E-state index in [0.29, 0.717) is 22.3 Å². The van der Waals surface area contributed by atoms with Crippen molar-refractivity contribution >= 4 is 40.8 Å². The van der Waals surface area contributed by atoms with Gasteiger partial charge in [0.25, 0.3) is 0 Å². The zero-order valence-corrected chi connectivity index (χ0v) is 12.6. The maximum Gasteiger partial charge on any atom is 0.312 e. The second kappa shape index (κ2) is 10.3. The molecule has 6 N–H and O–H groups in total. The Bertz CT molecular complexity index is 455. The molecular formula is C12H18Cl2N4O2. The first-order chi connectivity index (χ1) is 9.40. The zero-order valence-electron chi connectivity index (χ0n) is 11.1. The van der Waals surface area contributed by atoms with Gasteiger partial charge >= 0.3 is 6.03 Å². The zero-order chi connectivity index (χ0) is 15.5. The van der Waals surface area contributed by atoms with Crippen LogP contribution in [0.1, 0.15) is 13.3 Å². The number of carbonyl (C=O) groups is 2. The number of benzene rings is 1. The van der Waals surface area contributed by atoms with Crippen LogP contribution in [0, 0.1) is 0 Å². The first-order valence-electron chi connectivity index (χ1n) is 5.89. The van der Waals surface area contributed by atoms with Crippen molar-refractivity contribution in [1.29, 1.82) is 0 Å². The molecule has 1 aromatic rings. The van der Waals surface area contributed by atoms with Gasteiger partial charge in [-0.05, 0) is 24.6 Å². The first kappa shape index (κ1) is 18.5. The van der Waals surface area contributed by atoms with E-state index in [2.05, 4.69) is 10.6 Å². The van der Waals surface area contributed by atoms with E-state index >= 15 is 0 Å². The molecule has 8 heteroatoms. The lowest BCUT2D eigenvalue weighted by atomic mass is 10.3. The molecule has 0 bridgehead atoms. The van der Waals surface area contributed by atoms with Crippen LogP contribution in [0.15, 0.2) is 18.2 Å². The molecule has 0 heterocycles. The Morgan fingerprint density at radius 2 is 1.90 bits per heavy atom. The number of rotatable bonds is 4. The highest BCUT2D eigenvalue weighted by Gasteiger charge is 2.01. The van der Waals surface area contributed by atoms with Crippen molar-refractivity contribution in [3.05, 3.63) is 28.2 Å². The summed E-state index contributed by atoms with van der Waals surface area (Å²) < 4.78 is 0. The van der Waals surface area contributed by atoms with E-state index in [4.69, 9.17) is 34.7 Å². The van der Waals surface area contributed by atoms with Crippen LogP contribution in [-0.2, 0) is 4.79 Å². The minimum atomic E-state index is -0.443. The normalized spacial score (nSPS) is 9.20. The Morgan fingerprint density at radius 1 is 1.25 bits per heavy atom.